The van der Waals surface area contributed by atoms with Gasteiger partial charge in [0.2, 0.25) is 5.82 Å². The third kappa shape index (κ3) is 4.19. The molecule has 3 amide bonds. The minimum Gasteiger partial charge on any atom is -0.497 e. The summed E-state index contributed by atoms with van der Waals surface area (Å²) in [7, 11) is 1.60. The summed E-state index contributed by atoms with van der Waals surface area (Å²) >= 11 is 0. The SMILES string of the molecule is CCCCCN1C(=O)C2C=CC=CC2=[N+](Cc2nc(-c3ccc(OC)cc3)no2)C1=O. The van der Waals surface area contributed by atoms with Gasteiger partial charge in [-0.2, -0.15) is 19.3 Å². The Hall–Kier alpha value is -3.55. The fraction of sp³-hybridized carbons (Fsp3) is 0.348. The zero-order valence-corrected chi connectivity index (χ0v) is 17.7. The number of ether oxygens (including phenoxy) is 1. The molecule has 0 saturated heterocycles. The Morgan fingerprint density at radius 3 is 2.71 bits per heavy atom. The number of unbranched alkanes of at least 4 members (excludes halogenated alkanes) is 2. The highest BCUT2D eigenvalue weighted by molar-refractivity contribution is 6.16. The van der Waals surface area contributed by atoms with Crippen LogP contribution in [-0.2, 0) is 11.3 Å². The smallest absolute Gasteiger partial charge is 0.497 e. The van der Waals surface area contributed by atoms with Crippen LogP contribution in [0.3, 0.4) is 0 Å². The van der Waals surface area contributed by atoms with Crippen molar-refractivity contribution < 1.29 is 23.4 Å². The number of carbonyl (C=O) groups is 2. The summed E-state index contributed by atoms with van der Waals surface area (Å²) < 4.78 is 12.2. The van der Waals surface area contributed by atoms with Crippen molar-refractivity contribution in [3.05, 3.63) is 54.5 Å². The van der Waals surface area contributed by atoms with E-state index in [1.807, 2.05) is 42.5 Å². The number of urea groups is 1. The second kappa shape index (κ2) is 9.07. The van der Waals surface area contributed by atoms with E-state index in [-0.39, 0.29) is 18.5 Å². The Balaban J connectivity index is 1.60. The molecule has 0 spiro atoms. The molecule has 0 radical (unpaired) electrons. The topological polar surface area (TPSA) is 88.5 Å². The number of aromatic nitrogens is 2. The van der Waals surface area contributed by atoms with E-state index in [4.69, 9.17) is 9.26 Å². The third-order valence-corrected chi connectivity index (χ3v) is 5.40. The molecule has 2 aliphatic rings. The molecule has 160 valence electrons. The van der Waals surface area contributed by atoms with Crippen LogP contribution in [0.15, 0.2) is 53.1 Å². The lowest BCUT2D eigenvalue weighted by atomic mass is 9.94. The minimum absolute atomic E-state index is 0.101. The molecular weight excluding hydrogens is 396 g/mol. The Labute approximate surface area is 180 Å². The standard InChI is InChI=1S/C23H25N4O4/c1-3-4-7-14-26-22(28)18-8-5-6-9-19(18)27(23(26)29)15-20-24-21(25-31-20)16-10-12-17(30-2)13-11-16/h5-6,8-13,18H,3-4,7,14-15H2,1-2H3/q+1. The highest BCUT2D eigenvalue weighted by Crippen LogP contribution is 2.23. The van der Waals surface area contributed by atoms with Crippen LogP contribution in [0.4, 0.5) is 4.79 Å². The Kier molecular flexibility index (Phi) is 6.06. The van der Waals surface area contributed by atoms with Gasteiger partial charge >= 0.3 is 11.9 Å². The maximum Gasteiger partial charge on any atom is 0.501 e. The molecule has 0 saturated carbocycles. The van der Waals surface area contributed by atoms with Gasteiger partial charge in [-0.05, 0) is 43.2 Å². The first kappa shape index (κ1) is 20.7. The lowest BCUT2D eigenvalue weighted by molar-refractivity contribution is -0.460. The third-order valence-electron chi connectivity index (χ3n) is 5.40. The summed E-state index contributed by atoms with van der Waals surface area (Å²) in [5, 5.41) is 4.04. The van der Waals surface area contributed by atoms with E-state index in [0.717, 1.165) is 30.6 Å². The average Bonchev–Trinajstić information content (AvgIpc) is 3.28. The molecule has 1 aliphatic carbocycles. The van der Waals surface area contributed by atoms with Gasteiger partial charge in [-0.1, -0.05) is 36.7 Å². The van der Waals surface area contributed by atoms with Gasteiger partial charge in [0, 0.05) is 5.56 Å². The van der Waals surface area contributed by atoms with Crippen molar-refractivity contribution in [2.75, 3.05) is 13.7 Å². The number of rotatable bonds is 8. The average molecular weight is 421 g/mol. The number of benzene rings is 1. The van der Waals surface area contributed by atoms with Crippen molar-refractivity contribution in [1.29, 1.82) is 0 Å². The molecule has 1 aromatic carbocycles. The molecule has 1 atom stereocenters. The molecule has 0 N–H and O–H groups in total. The van der Waals surface area contributed by atoms with Crippen LogP contribution < -0.4 is 4.74 Å². The first-order valence-corrected chi connectivity index (χ1v) is 10.4. The zero-order valence-electron chi connectivity index (χ0n) is 17.7. The number of hydrogen-bond donors (Lipinski definition) is 0. The van der Waals surface area contributed by atoms with Gasteiger partial charge < -0.3 is 9.26 Å². The summed E-state index contributed by atoms with van der Waals surface area (Å²) in [4.78, 5) is 31.9. The molecule has 8 nitrogen and oxygen atoms in total. The van der Waals surface area contributed by atoms with Gasteiger partial charge in [0.1, 0.15) is 17.4 Å². The molecule has 2 heterocycles. The molecule has 1 aromatic heterocycles. The van der Waals surface area contributed by atoms with Crippen LogP contribution in [0.5, 0.6) is 5.75 Å². The van der Waals surface area contributed by atoms with Crippen molar-refractivity contribution in [3.63, 3.8) is 0 Å². The van der Waals surface area contributed by atoms with Crippen molar-refractivity contribution >= 4 is 17.6 Å². The maximum absolute atomic E-state index is 13.2. The number of imide groups is 1. The summed E-state index contributed by atoms with van der Waals surface area (Å²) in [5.74, 6) is 0.805. The number of carbonyl (C=O) groups excluding carboxylic acids is 2. The quantitative estimate of drug-likeness (QED) is 0.478. The second-order valence-corrected chi connectivity index (χ2v) is 7.45. The number of nitrogens with zero attached hydrogens (tertiary/aromatic N) is 4. The van der Waals surface area contributed by atoms with Gasteiger partial charge in [0.15, 0.2) is 6.54 Å². The van der Waals surface area contributed by atoms with Crippen LogP contribution in [-0.4, -0.2) is 50.9 Å². The molecule has 0 bridgehead atoms. The first-order chi connectivity index (χ1) is 15.1. The van der Waals surface area contributed by atoms with E-state index < -0.39 is 5.92 Å². The Bertz CT molecular complexity index is 1070. The minimum atomic E-state index is -0.478. The Morgan fingerprint density at radius 2 is 1.97 bits per heavy atom. The van der Waals surface area contributed by atoms with E-state index in [1.54, 1.807) is 17.8 Å². The number of fused-ring (bicyclic) bond motifs is 1. The maximum atomic E-state index is 13.2. The molecule has 1 unspecified atom stereocenters. The molecule has 1 aliphatic heterocycles. The zero-order chi connectivity index (χ0) is 21.8. The van der Waals surface area contributed by atoms with Crippen LogP contribution in [0.1, 0.15) is 32.1 Å². The van der Waals surface area contributed by atoms with E-state index in [1.165, 1.54) is 4.90 Å². The highest BCUT2D eigenvalue weighted by atomic mass is 16.5. The van der Waals surface area contributed by atoms with Crippen LogP contribution in [0, 0.1) is 5.92 Å². The highest BCUT2D eigenvalue weighted by Gasteiger charge is 2.46. The van der Waals surface area contributed by atoms with Crippen LogP contribution >= 0.6 is 0 Å². The molecule has 0 fully saturated rings. The molecule has 8 heteroatoms. The van der Waals surface area contributed by atoms with E-state index in [0.29, 0.717) is 24.0 Å². The van der Waals surface area contributed by atoms with Crippen molar-refractivity contribution in [3.8, 4) is 17.1 Å². The fourth-order valence-corrected chi connectivity index (χ4v) is 3.71. The van der Waals surface area contributed by atoms with Gasteiger partial charge in [-0.25, -0.2) is 4.79 Å². The van der Waals surface area contributed by atoms with Gasteiger partial charge in [-0.3, -0.25) is 0 Å². The number of allylic oxidation sites excluding steroid dienone is 3. The molecule has 4 rings (SSSR count). The summed E-state index contributed by atoms with van der Waals surface area (Å²) in [6.45, 7) is 2.59. The van der Waals surface area contributed by atoms with Crippen molar-refractivity contribution in [2.24, 2.45) is 5.92 Å². The number of hydrogen-bond acceptors (Lipinski definition) is 6. The summed E-state index contributed by atoms with van der Waals surface area (Å²) in [6.07, 6.45) is 10.0. The lowest BCUT2D eigenvalue weighted by Crippen LogP contribution is -2.54. The van der Waals surface area contributed by atoms with E-state index in [2.05, 4.69) is 17.1 Å². The van der Waals surface area contributed by atoms with E-state index in [9.17, 15) is 9.59 Å². The van der Waals surface area contributed by atoms with Crippen molar-refractivity contribution in [1.82, 2.24) is 15.0 Å². The van der Waals surface area contributed by atoms with Crippen LogP contribution in [0.25, 0.3) is 11.4 Å². The van der Waals surface area contributed by atoms with Crippen molar-refractivity contribution in [2.45, 2.75) is 32.7 Å². The Morgan fingerprint density at radius 1 is 1.16 bits per heavy atom. The normalized spacial score (nSPS) is 18.0. The van der Waals surface area contributed by atoms with Gasteiger partial charge in [0.25, 0.3) is 5.89 Å². The fourth-order valence-electron chi connectivity index (χ4n) is 3.71. The van der Waals surface area contributed by atoms with Crippen LogP contribution in [0.2, 0.25) is 0 Å². The predicted octanol–water partition coefficient (Wildman–Crippen LogP) is 3.59. The van der Waals surface area contributed by atoms with Gasteiger partial charge in [0.05, 0.1) is 13.7 Å². The van der Waals surface area contributed by atoms with E-state index >= 15 is 0 Å². The van der Waals surface area contributed by atoms with Gasteiger partial charge in [-0.15, -0.1) is 0 Å². The monoisotopic (exact) mass is 421 g/mol. The summed E-state index contributed by atoms with van der Waals surface area (Å²) in [5.41, 5.74) is 1.41. The predicted molar refractivity (Wildman–Crippen MR) is 114 cm³/mol. The largest absolute Gasteiger partial charge is 0.501 e. The first-order valence-electron chi connectivity index (χ1n) is 10.4. The lowest BCUT2D eigenvalue weighted by Gasteiger charge is -2.26. The second-order valence-electron chi connectivity index (χ2n) is 7.45. The molecule has 31 heavy (non-hydrogen) atoms. The number of amides is 3. The molecular formula is C23H25N4O4+. The summed E-state index contributed by atoms with van der Waals surface area (Å²) in [6, 6.07) is 6.97. The number of methoxy groups -OCH3 is 1. The molecule has 2 aromatic rings.